The number of thiazole rings is 4. The number of fused-ring (bicyclic) bond motifs is 5. The minimum absolute atomic E-state index is 0.671. The SMILES string of the molecule is CC/C=C\C=C/C12CC=CC=C1N(c1ccccc1)c1ncc(s1)/C(c1cnc(N(c3ccccc3)c3ccccc3)s1)=C(/c1cnc(N(c3ccccc3)c3ccccc3)s1)c1cnc(s1)N2c1ccccc1. The summed E-state index contributed by atoms with van der Waals surface area (Å²) in [5, 5.41) is 3.36. The summed E-state index contributed by atoms with van der Waals surface area (Å²) in [4.78, 5) is 34.7. The van der Waals surface area contributed by atoms with Gasteiger partial charge in [0.05, 0.1) is 25.2 Å². The standard InChI is InChI=1S/C62H48N8S4/c1-2-3-4-24-39-62-40-25-23-38-55(62)69(49-34-19-9-20-35-49)60-65-43-53(73-60)56(51-41-63-58(71-51)67(45-26-11-5-12-27-45)46-28-13-6-14-29-46)57(54-44-66-61(74-54)70(62)50-36-21-10-22-37-50)52-42-64-59(72-52)68(47-30-15-7-16-31-47)48-32-17-8-18-33-48/h3-39,41-44H,2,40H2,1H3/b4-3-,39-24-,57-56-. The van der Waals surface area contributed by atoms with E-state index >= 15 is 0 Å². The Morgan fingerprint density at radius 1 is 0.486 bits per heavy atom. The van der Waals surface area contributed by atoms with Gasteiger partial charge in [0.1, 0.15) is 5.54 Å². The first kappa shape index (κ1) is 46.8. The van der Waals surface area contributed by atoms with E-state index in [2.05, 4.69) is 251 Å². The van der Waals surface area contributed by atoms with Crippen molar-refractivity contribution in [3.63, 3.8) is 0 Å². The van der Waals surface area contributed by atoms with Crippen molar-refractivity contribution in [2.45, 2.75) is 25.3 Å². The molecule has 0 fully saturated rings. The molecular formula is C62H48N8S4. The van der Waals surface area contributed by atoms with Crippen LogP contribution in [-0.4, -0.2) is 25.5 Å². The molecule has 6 aromatic carbocycles. The van der Waals surface area contributed by atoms with Gasteiger partial charge in [0.25, 0.3) is 0 Å². The lowest BCUT2D eigenvalue weighted by atomic mass is 9.83. The quantitative estimate of drug-likeness (QED) is 0.106. The Kier molecular flexibility index (Phi) is 13.3. The number of hydrogen-bond donors (Lipinski definition) is 0. The predicted molar refractivity (Wildman–Crippen MR) is 313 cm³/mol. The summed E-state index contributed by atoms with van der Waals surface area (Å²) in [6.45, 7) is 2.17. The highest BCUT2D eigenvalue weighted by atomic mass is 32.1. The molecule has 0 saturated carbocycles. The molecule has 10 aromatic rings. The van der Waals surface area contributed by atoms with Crippen molar-refractivity contribution in [2.24, 2.45) is 0 Å². The van der Waals surface area contributed by atoms with Gasteiger partial charge in [0.2, 0.25) is 0 Å². The highest BCUT2D eigenvalue weighted by Crippen LogP contribution is 2.54. The van der Waals surface area contributed by atoms with Gasteiger partial charge >= 0.3 is 0 Å². The minimum atomic E-state index is -0.759. The summed E-state index contributed by atoms with van der Waals surface area (Å²) in [7, 11) is 0. The maximum atomic E-state index is 5.50. The van der Waals surface area contributed by atoms with E-state index < -0.39 is 5.54 Å². The zero-order chi connectivity index (χ0) is 49.7. The predicted octanol–water partition coefficient (Wildman–Crippen LogP) is 17.9. The van der Waals surface area contributed by atoms with Crippen LogP contribution in [0.4, 0.5) is 54.7 Å². The monoisotopic (exact) mass is 1030 g/mol. The lowest BCUT2D eigenvalue weighted by Gasteiger charge is -2.47. The van der Waals surface area contributed by atoms with Crippen LogP contribution in [0.15, 0.2) is 255 Å². The molecule has 2 aliphatic rings. The van der Waals surface area contributed by atoms with Gasteiger partial charge in [-0.05, 0) is 91.7 Å². The molecule has 0 radical (unpaired) electrons. The molecule has 360 valence electrons. The van der Waals surface area contributed by atoms with Gasteiger partial charge in [-0.15, -0.1) is 0 Å². The van der Waals surface area contributed by atoms with E-state index in [0.29, 0.717) is 6.42 Å². The Balaban J connectivity index is 1.16. The minimum Gasteiger partial charge on any atom is -0.302 e. The van der Waals surface area contributed by atoms with Crippen LogP contribution in [0, 0.1) is 0 Å². The lowest BCUT2D eigenvalue weighted by Crippen LogP contribution is -2.51. The van der Waals surface area contributed by atoms with Gasteiger partial charge in [-0.3, -0.25) is 14.7 Å². The topological polar surface area (TPSA) is 64.5 Å². The normalized spacial score (nSPS) is 16.5. The molecule has 5 heterocycles. The lowest BCUT2D eigenvalue weighted by molar-refractivity contribution is 0.585. The fraction of sp³-hybridized carbons (Fsp3) is 0.0645. The van der Waals surface area contributed by atoms with Gasteiger partial charge < -0.3 is 4.90 Å². The first-order valence-electron chi connectivity index (χ1n) is 24.5. The van der Waals surface area contributed by atoms with Crippen molar-refractivity contribution in [3.8, 4) is 0 Å². The number of aromatic nitrogens is 4. The van der Waals surface area contributed by atoms with Gasteiger partial charge in [0, 0.05) is 70.1 Å². The molecule has 4 bridgehead atoms. The fourth-order valence-corrected chi connectivity index (χ4v) is 13.8. The highest BCUT2D eigenvalue weighted by molar-refractivity contribution is 7.21. The average Bonchev–Trinajstić information content (AvgIpc) is 4.33. The number of allylic oxidation sites excluding steroid dienone is 5. The molecule has 0 N–H and O–H groups in total. The van der Waals surface area contributed by atoms with E-state index in [9.17, 15) is 0 Å². The van der Waals surface area contributed by atoms with Crippen LogP contribution in [-0.2, 0) is 0 Å². The number of hydrogen-bond acceptors (Lipinski definition) is 12. The highest BCUT2D eigenvalue weighted by Gasteiger charge is 2.45. The molecule has 12 rings (SSSR count). The number of nitrogens with zero attached hydrogens (tertiary/aromatic N) is 8. The molecule has 0 saturated heterocycles. The van der Waals surface area contributed by atoms with Crippen LogP contribution in [0.2, 0.25) is 0 Å². The van der Waals surface area contributed by atoms with E-state index in [1.807, 2.05) is 24.5 Å². The zero-order valence-electron chi connectivity index (χ0n) is 40.3. The van der Waals surface area contributed by atoms with E-state index in [0.717, 1.165) is 97.4 Å². The van der Waals surface area contributed by atoms with Crippen molar-refractivity contribution >= 4 is 111 Å². The van der Waals surface area contributed by atoms with Gasteiger partial charge in [-0.25, -0.2) is 19.9 Å². The Hall–Kier alpha value is -8.26. The van der Waals surface area contributed by atoms with E-state index in [-0.39, 0.29) is 0 Å². The molecule has 1 atom stereocenters. The van der Waals surface area contributed by atoms with Crippen LogP contribution in [0.25, 0.3) is 11.1 Å². The van der Waals surface area contributed by atoms with Crippen molar-refractivity contribution < 1.29 is 0 Å². The number of anilines is 10. The molecule has 1 aliphatic carbocycles. The molecule has 0 amide bonds. The Morgan fingerprint density at radius 2 is 0.905 bits per heavy atom. The summed E-state index contributed by atoms with van der Waals surface area (Å²) in [5.74, 6) is 0. The Morgan fingerprint density at radius 3 is 1.39 bits per heavy atom. The van der Waals surface area contributed by atoms with Crippen LogP contribution in [0.5, 0.6) is 0 Å². The summed E-state index contributed by atoms with van der Waals surface area (Å²) in [6, 6.07) is 63.2. The smallest absolute Gasteiger partial charge is 0.195 e. The maximum absolute atomic E-state index is 5.50. The summed E-state index contributed by atoms with van der Waals surface area (Å²) >= 11 is 6.69. The van der Waals surface area contributed by atoms with Gasteiger partial charge in [0.15, 0.2) is 20.5 Å². The molecule has 74 heavy (non-hydrogen) atoms. The molecule has 1 unspecified atom stereocenters. The molecule has 12 heteroatoms. The second-order valence-corrected chi connectivity index (χ2v) is 21.5. The second-order valence-electron chi connectivity index (χ2n) is 17.4. The number of para-hydroxylation sites is 6. The third kappa shape index (κ3) is 9.02. The van der Waals surface area contributed by atoms with Crippen LogP contribution < -0.4 is 19.6 Å². The molecular weight excluding hydrogens is 985 g/mol. The number of benzene rings is 6. The largest absolute Gasteiger partial charge is 0.302 e. The van der Waals surface area contributed by atoms with Crippen LogP contribution in [0.3, 0.4) is 0 Å². The Labute approximate surface area is 447 Å². The second kappa shape index (κ2) is 21.1. The Bertz CT molecular complexity index is 3580. The van der Waals surface area contributed by atoms with Crippen LogP contribution >= 0.6 is 45.3 Å². The van der Waals surface area contributed by atoms with Crippen molar-refractivity contribution in [3.05, 3.63) is 275 Å². The third-order valence-corrected chi connectivity index (χ3v) is 16.8. The number of rotatable bonds is 13. The van der Waals surface area contributed by atoms with Gasteiger partial charge in [-0.2, -0.15) is 0 Å². The fourth-order valence-electron chi connectivity index (χ4n) is 9.52. The van der Waals surface area contributed by atoms with E-state index in [1.54, 1.807) is 45.3 Å². The average molecular weight is 1030 g/mol. The summed E-state index contributed by atoms with van der Waals surface area (Å²) in [5.41, 5.74) is 8.40. The van der Waals surface area contributed by atoms with Crippen molar-refractivity contribution in [1.29, 1.82) is 0 Å². The zero-order valence-corrected chi connectivity index (χ0v) is 43.6. The molecule has 8 nitrogen and oxygen atoms in total. The van der Waals surface area contributed by atoms with E-state index in [1.165, 1.54) is 0 Å². The summed E-state index contributed by atoms with van der Waals surface area (Å²) < 4.78 is 0. The third-order valence-electron chi connectivity index (χ3n) is 12.8. The van der Waals surface area contributed by atoms with Crippen molar-refractivity contribution in [2.75, 3.05) is 19.6 Å². The van der Waals surface area contributed by atoms with Crippen molar-refractivity contribution in [1.82, 2.24) is 19.9 Å². The first-order chi connectivity index (χ1) is 36.7. The molecule has 4 aromatic heterocycles. The first-order valence-corrected chi connectivity index (χ1v) is 27.7. The van der Waals surface area contributed by atoms with E-state index in [4.69, 9.17) is 19.9 Å². The van der Waals surface area contributed by atoms with Gasteiger partial charge in [-0.1, -0.05) is 198 Å². The maximum Gasteiger partial charge on any atom is 0.195 e. The molecule has 1 aliphatic heterocycles. The summed E-state index contributed by atoms with van der Waals surface area (Å²) in [6.07, 6.45) is 25.4. The van der Waals surface area contributed by atoms with Crippen LogP contribution in [0.1, 0.15) is 39.3 Å². The molecule has 0 spiro atoms.